The maximum Gasteiger partial charge on any atom is 0.257 e. The Bertz CT molecular complexity index is 1100. The molecule has 1 saturated carbocycles. The van der Waals surface area contributed by atoms with Crippen molar-refractivity contribution < 1.29 is 9.90 Å². The normalized spacial score (nSPS) is 21.4. The highest BCUT2D eigenvalue weighted by Gasteiger charge is 2.36. The van der Waals surface area contributed by atoms with Crippen LogP contribution in [0.15, 0.2) is 42.7 Å². The number of fused-ring (bicyclic) bond motifs is 3. The third-order valence-corrected chi connectivity index (χ3v) is 6.40. The van der Waals surface area contributed by atoms with Gasteiger partial charge in [-0.2, -0.15) is 0 Å². The number of nitrogens with zero attached hydrogens (tertiary/aromatic N) is 3. The highest BCUT2D eigenvalue weighted by molar-refractivity contribution is 6.29. The van der Waals surface area contributed by atoms with Crippen LogP contribution in [-0.4, -0.2) is 44.7 Å². The van der Waals surface area contributed by atoms with Gasteiger partial charge in [0, 0.05) is 17.8 Å². The number of aliphatic hydroxyl groups is 1. The van der Waals surface area contributed by atoms with E-state index in [0.29, 0.717) is 23.8 Å². The van der Waals surface area contributed by atoms with Crippen LogP contribution in [0.4, 0.5) is 5.69 Å². The number of carbonyl (C=O) groups excluding carboxylic acids is 1. The fraction of sp³-hybridized carbons (Fsp3) is 0.348. The van der Waals surface area contributed by atoms with Gasteiger partial charge in [-0.25, -0.2) is 4.98 Å². The fourth-order valence-electron chi connectivity index (χ4n) is 4.65. The lowest BCUT2D eigenvalue weighted by Gasteiger charge is -2.40. The van der Waals surface area contributed by atoms with Crippen molar-refractivity contribution in [1.29, 1.82) is 0 Å². The van der Waals surface area contributed by atoms with Crippen molar-refractivity contribution >= 4 is 34.1 Å². The molecule has 2 N–H and O–H groups in total. The van der Waals surface area contributed by atoms with Gasteiger partial charge in [0.2, 0.25) is 0 Å². The largest absolute Gasteiger partial charge is 0.391 e. The average molecular weight is 423 g/mol. The molecule has 0 radical (unpaired) electrons. The zero-order valence-electron chi connectivity index (χ0n) is 16.5. The SMILES string of the molecule is O=C1c2cc(Cc3ccc(Cl)nc3)c3cccnc3c2NCN1[C@H]1CCCC[C@@H]1O. The molecule has 0 saturated heterocycles. The molecule has 1 aliphatic carbocycles. The second-order valence-corrected chi connectivity index (χ2v) is 8.44. The van der Waals surface area contributed by atoms with E-state index in [4.69, 9.17) is 11.6 Å². The predicted octanol–water partition coefficient (Wildman–Crippen LogP) is 4.00. The summed E-state index contributed by atoms with van der Waals surface area (Å²) in [5, 5.41) is 15.4. The molecular formula is C23H23ClN4O2. The molecular weight excluding hydrogens is 400 g/mol. The molecule has 3 aromatic rings. The first-order chi connectivity index (χ1) is 14.6. The van der Waals surface area contributed by atoms with Gasteiger partial charge >= 0.3 is 0 Å². The molecule has 154 valence electrons. The average Bonchev–Trinajstić information content (AvgIpc) is 2.77. The Kier molecular flexibility index (Phi) is 5.05. The van der Waals surface area contributed by atoms with E-state index in [1.165, 1.54) is 0 Å². The van der Waals surface area contributed by atoms with Crippen LogP contribution in [0.5, 0.6) is 0 Å². The van der Waals surface area contributed by atoms with Crippen molar-refractivity contribution in [3.8, 4) is 0 Å². The Morgan fingerprint density at radius 3 is 2.87 bits per heavy atom. The van der Waals surface area contributed by atoms with Gasteiger partial charge in [0.05, 0.1) is 35.6 Å². The third kappa shape index (κ3) is 3.40. The molecule has 30 heavy (non-hydrogen) atoms. The van der Waals surface area contributed by atoms with Crippen LogP contribution < -0.4 is 5.32 Å². The van der Waals surface area contributed by atoms with Crippen LogP contribution in [0.25, 0.3) is 10.9 Å². The van der Waals surface area contributed by atoms with Gasteiger partial charge < -0.3 is 15.3 Å². The van der Waals surface area contributed by atoms with Gasteiger partial charge in [-0.1, -0.05) is 36.6 Å². The molecule has 6 nitrogen and oxygen atoms in total. The summed E-state index contributed by atoms with van der Waals surface area (Å²) in [7, 11) is 0. The maximum absolute atomic E-state index is 13.5. The lowest BCUT2D eigenvalue weighted by atomic mass is 9.90. The molecule has 0 unspecified atom stereocenters. The molecule has 1 amide bonds. The van der Waals surface area contributed by atoms with E-state index in [1.54, 1.807) is 23.4 Å². The Labute approximate surface area is 179 Å². The van der Waals surface area contributed by atoms with Crippen molar-refractivity contribution in [3.63, 3.8) is 0 Å². The highest BCUT2D eigenvalue weighted by Crippen LogP contribution is 2.35. The number of rotatable bonds is 3. The topological polar surface area (TPSA) is 78.4 Å². The summed E-state index contributed by atoms with van der Waals surface area (Å²) in [6.07, 6.45) is 7.29. The zero-order chi connectivity index (χ0) is 20.7. The molecule has 1 fully saturated rings. The Morgan fingerprint density at radius 1 is 1.20 bits per heavy atom. The number of amides is 1. The molecule has 0 spiro atoms. The summed E-state index contributed by atoms with van der Waals surface area (Å²) >= 11 is 5.93. The predicted molar refractivity (Wildman–Crippen MR) is 117 cm³/mol. The molecule has 5 rings (SSSR count). The molecule has 7 heteroatoms. The Hall–Kier alpha value is -2.70. The standard InChI is InChI=1S/C23H23ClN4O2/c24-20-8-7-14(12-26-20)10-15-11-17-22(21-16(15)4-3-9-25-21)27-13-28(23(17)30)18-5-1-2-6-19(18)29/h3-4,7-9,11-12,18-19,27,29H,1-2,5-6,10,13H2/t18-,19-/m0/s1. The van der Waals surface area contributed by atoms with Crippen LogP contribution in [0.2, 0.25) is 5.15 Å². The first kappa shape index (κ1) is 19.3. The summed E-state index contributed by atoms with van der Waals surface area (Å²) in [5.74, 6) is -0.0438. The number of halogens is 1. The number of carbonyl (C=O) groups is 1. The highest BCUT2D eigenvalue weighted by atomic mass is 35.5. The number of benzene rings is 1. The summed E-state index contributed by atoms with van der Waals surface area (Å²) in [5.41, 5.74) is 4.21. The van der Waals surface area contributed by atoms with Crippen LogP contribution >= 0.6 is 11.6 Å². The summed E-state index contributed by atoms with van der Waals surface area (Å²) in [4.78, 5) is 24.0. The van der Waals surface area contributed by atoms with Gasteiger partial charge in [-0.15, -0.1) is 0 Å². The molecule has 1 aromatic carbocycles. The summed E-state index contributed by atoms with van der Waals surface area (Å²) in [6, 6.07) is 9.48. The van der Waals surface area contributed by atoms with Crippen molar-refractivity contribution in [1.82, 2.24) is 14.9 Å². The zero-order valence-corrected chi connectivity index (χ0v) is 17.3. The maximum atomic E-state index is 13.5. The summed E-state index contributed by atoms with van der Waals surface area (Å²) < 4.78 is 0. The lowest BCUT2D eigenvalue weighted by molar-refractivity contribution is 0.0192. The first-order valence-electron chi connectivity index (χ1n) is 10.4. The number of aromatic nitrogens is 2. The van der Waals surface area contributed by atoms with E-state index < -0.39 is 6.10 Å². The van der Waals surface area contributed by atoms with E-state index in [9.17, 15) is 9.90 Å². The minimum Gasteiger partial charge on any atom is -0.391 e. The quantitative estimate of drug-likeness (QED) is 0.624. The number of hydrogen-bond donors (Lipinski definition) is 2. The van der Waals surface area contributed by atoms with Crippen LogP contribution in [0.1, 0.15) is 47.2 Å². The van der Waals surface area contributed by atoms with Crippen molar-refractivity contribution in [2.45, 2.75) is 44.2 Å². The minimum absolute atomic E-state index is 0.0438. The van der Waals surface area contributed by atoms with E-state index >= 15 is 0 Å². The molecule has 2 atom stereocenters. The van der Waals surface area contributed by atoms with Gasteiger partial charge in [0.25, 0.3) is 5.91 Å². The smallest absolute Gasteiger partial charge is 0.257 e. The van der Waals surface area contributed by atoms with E-state index in [2.05, 4.69) is 15.3 Å². The number of pyridine rings is 2. The monoisotopic (exact) mass is 422 g/mol. The molecule has 0 bridgehead atoms. The van der Waals surface area contributed by atoms with Crippen LogP contribution in [0.3, 0.4) is 0 Å². The molecule has 2 aromatic heterocycles. The fourth-order valence-corrected chi connectivity index (χ4v) is 4.77. The first-order valence-corrected chi connectivity index (χ1v) is 10.7. The number of nitrogens with one attached hydrogen (secondary N) is 1. The van der Waals surface area contributed by atoms with Crippen LogP contribution in [-0.2, 0) is 6.42 Å². The van der Waals surface area contributed by atoms with E-state index in [-0.39, 0.29) is 11.9 Å². The number of anilines is 1. The third-order valence-electron chi connectivity index (χ3n) is 6.17. The minimum atomic E-state index is -0.468. The van der Waals surface area contributed by atoms with Crippen molar-refractivity contribution in [2.24, 2.45) is 0 Å². The van der Waals surface area contributed by atoms with E-state index in [0.717, 1.165) is 53.4 Å². The molecule has 2 aliphatic rings. The molecule has 1 aliphatic heterocycles. The Morgan fingerprint density at radius 2 is 2.07 bits per heavy atom. The van der Waals surface area contributed by atoms with Gasteiger partial charge in [0.15, 0.2) is 0 Å². The second-order valence-electron chi connectivity index (χ2n) is 8.05. The lowest BCUT2D eigenvalue weighted by Crippen LogP contribution is -2.52. The van der Waals surface area contributed by atoms with Gasteiger partial charge in [-0.05, 0) is 48.6 Å². The van der Waals surface area contributed by atoms with Gasteiger partial charge in [-0.3, -0.25) is 9.78 Å². The van der Waals surface area contributed by atoms with Crippen molar-refractivity contribution in [3.05, 3.63) is 64.6 Å². The second kappa shape index (κ2) is 7.85. The van der Waals surface area contributed by atoms with Crippen molar-refractivity contribution in [2.75, 3.05) is 12.0 Å². The number of hydrogen-bond acceptors (Lipinski definition) is 5. The molecule has 3 heterocycles. The van der Waals surface area contributed by atoms with E-state index in [1.807, 2.05) is 24.3 Å². The number of aliphatic hydroxyl groups excluding tert-OH is 1. The van der Waals surface area contributed by atoms with Gasteiger partial charge in [0.1, 0.15) is 5.15 Å². The van der Waals surface area contributed by atoms with Crippen LogP contribution in [0, 0.1) is 0 Å². The Balaban J connectivity index is 1.57. The summed E-state index contributed by atoms with van der Waals surface area (Å²) in [6.45, 7) is 0.389.